The van der Waals surface area contributed by atoms with Crippen LogP contribution < -0.4 is 10.6 Å². The Morgan fingerprint density at radius 3 is 2.59 bits per heavy atom. The number of carbonyl (C=O) groups is 2. The number of hydrogen-bond acceptors (Lipinski definition) is 3. The van der Waals surface area contributed by atoms with Gasteiger partial charge >= 0.3 is 0 Å². The number of halogens is 2. The molecule has 2 rings (SSSR count). The first-order chi connectivity index (χ1) is 12.8. The zero-order chi connectivity index (χ0) is 20.0. The first kappa shape index (κ1) is 20.5. The molecule has 0 aliphatic heterocycles. The molecule has 2 amide bonds. The first-order valence-electron chi connectivity index (χ1n) is 8.65. The fourth-order valence-electron chi connectivity index (χ4n) is 2.64. The Labute approximate surface area is 157 Å². The summed E-state index contributed by atoms with van der Waals surface area (Å²) < 4.78 is 27.3. The Hall–Kier alpha value is -2.80. The van der Waals surface area contributed by atoms with Gasteiger partial charge in [0.15, 0.2) is 0 Å². The Morgan fingerprint density at radius 2 is 1.89 bits per heavy atom. The minimum atomic E-state index is -0.529. The van der Waals surface area contributed by atoms with Gasteiger partial charge in [0.05, 0.1) is 6.54 Å². The molecule has 0 spiro atoms. The molecule has 0 radical (unpaired) electrons. The summed E-state index contributed by atoms with van der Waals surface area (Å²) in [6.45, 7) is 4.00. The van der Waals surface area contributed by atoms with Crippen molar-refractivity contribution in [1.82, 2.24) is 10.2 Å². The molecular weight excluding hydrogens is 352 g/mol. The molecule has 7 heteroatoms. The van der Waals surface area contributed by atoms with E-state index in [1.54, 1.807) is 43.1 Å². The maximum absolute atomic E-state index is 13.9. The Balaban J connectivity index is 2.01. The van der Waals surface area contributed by atoms with Gasteiger partial charge in [0.2, 0.25) is 5.91 Å². The van der Waals surface area contributed by atoms with E-state index < -0.39 is 17.7 Å². The van der Waals surface area contributed by atoms with Gasteiger partial charge < -0.3 is 10.6 Å². The maximum Gasteiger partial charge on any atom is 0.251 e. The summed E-state index contributed by atoms with van der Waals surface area (Å²) in [5, 5.41) is 5.41. The molecule has 27 heavy (non-hydrogen) atoms. The highest BCUT2D eigenvalue weighted by molar-refractivity contribution is 5.97. The SMILES string of the molecule is CCNC(=O)c1cccc(NC(=O)CN(C)C(C)c2cc(F)ccc2F)c1. The van der Waals surface area contributed by atoms with E-state index in [1.807, 2.05) is 6.92 Å². The molecule has 1 unspecified atom stereocenters. The van der Waals surface area contributed by atoms with Gasteiger partial charge in [-0.25, -0.2) is 8.78 Å². The standard InChI is InChI=1S/C20H23F2N3O2/c1-4-23-20(27)14-6-5-7-16(10-14)24-19(26)12-25(3)13(2)17-11-15(21)8-9-18(17)22/h5-11,13H,4,12H2,1-3H3,(H,23,27)(H,24,26). The van der Waals surface area contributed by atoms with Crippen LogP contribution in [0.4, 0.5) is 14.5 Å². The van der Waals surface area contributed by atoms with E-state index in [1.165, 1.54) is 0 Å². The summed E-state index contributed by atoms with van der Waals surface area (Å²) in [4.78, 5) is 25.8. The third kappa shape index (κ3) is 5.59. The van der Waals surface area contributed by atoms with Crippen molar-refractivity contribution in [2.45, 2.75) is 19.9 Å². The maximum atomic E-state index is 13.9. The molecule has 0 fully saturated rings. The van der Waals surface area contributed by atoms with Gasteiger partial charge in [-0.1, -0.05) is 6.07 Å². The second-order valence-electron chi connectivity index (χ2n) is 6.25. The minimum absolute atomic E-state index is 0.0253. The highest BCUT2D eigenvalue weighted by atomic mass is 19.1. The zero-order valence-corrected chi connectivity index (χ0v) is 15.6. The van der Waals surface area contributed by atoms with E-state index in [0.717, 1.165) is 18.2 Å². The van der Waals surface area contributed by atoms with Crippen LogP contribution in [0.2, 0.25) is 0 Å². The Bertz CT molecular complexity index is 827. The van der Waals surface area contributed by atoms with Crippen molar-refractivity contribution in [3.05, 3.63) is 65.2 Å². The zero-order valence-electron chi connectivity index (χ0n) is 15.6. The highest BCUT2D eigenvalue weighted by Gasteiger charge is 2.19. The van der Waals surface area contributed by atoms with Crippen LogP contribution in [0.3, 0.4) is 0 Å². The molecule has 0 aliphatic carbocycles. The first-order valence-corrected chi connectivity index (χ1v) is 8.65. The number of carbonyl (C=O) groups excluding carboxylic acids is 2. The van der Waals surface area contributed by atoms with Crippen molar-refractivity contribution in [3.63, 3.8) is 0 Å². The van der Waals surface area contributed by atoms with Gasteiger partial charge in [-0.15, -0.1) is 0 Å². The largest absolute Gasteiger partial charge is 0.352 e. The lowest BCUT2D eigenvalue weighted by molar-refractivity contribution is -0.117. The van der Waals surface area contributed by atoms with Crippen molar-refractivity contribution in [2.75, 3.05) is 25.5 Å². The number of nitrogens with one attached hydrogen (secondary N) is 2. The summed E-state index contributed by atoms with van der Waals surface area (Å²) in [6.07, 6.45) is 0. The lowest BCUT2D eigenvalue weighted by Gasteiger charge is -2.25. The van der Waals surface area contributed by atoms with E-state index in [-0.39, 0.29) is 23.9 Å². The topological polar surface area (TPSA) is 61.4 Å². The lowest BCUT2D eigenvalue weighted by Crippen LogP contribution is -2.32. The van der Waals surface area contributed by atoms with E-state index >= 15 is 0 Å². The van der Waals surface area contributed by atoms with E-state index in [2.05, 4.69) is 10.6 Å². The Morgan fingerprint density at radius 1 is 1.15 bits per heavy atom. The number of hydrogen-bond donors (Lipinski definition) is 2. The molecule has 0 aliphatic rings. The average Bonchev–Trinajstić information content (AvgIpc) is 2.63. The van der Waals surface area contributed by atoms with Crippen LogP contribution in [0.15, 0.2) is 42.5 Å². The van der Waals surface area contributed by atoms with Gasteiger partial charge in [-0.3, -0.25) is 14.5 Å². The van der Waals surface area contributed by atoms with Gasteiger partial charge in [0, 0.05) is 29.4 Å². The van der Waals surface area contributed by atoms with Crippen LogP contribution in [0, 0.1) is 11.6 Å². The van der Waals surface area contributed by atoms with E-state index in [0.29, 0.717) is 17.8 Å². The lowest BCUT2D eigenvalue weighted by atomic mass is 10.1. The molecule has 1 atom stereocenters. The number of rotatable bonds is 7. The van der Waals surface area contributed by atoms with Crippen LogP contribution in [0.25, 0.3) is 0 Å². The fourth-order valence-corrected chi connectivity index (χ4v) is 2.64. The number of anilines is 1. The number of likely N-dealkylation sites (N-methyl/N-ethyl adjacent to an activating group) is 1. The predicted molar refractivity (Wildman–Crippen MR) is 100 cm³/mol. The summed E-state index contributed by atoms with van der Waals surface area (Å²) in [6, 6.07) is 9.35. The quantitative estimate of drug-likeness (QED) is 0.780. The summed E-state index contributed by atoms with van der Waals surface area (Å²) in [5.41, 5.74) is 1.11. The molecule has 144 valence electrons. The molecule has 0 saturated heterocycles. The normalized spacial score (nSPS) is 11.9. The number of nitrogens with zero attached hydrogens (tertiary/aromatic N) is 1. The molecule has 0 bridgehead atoms. The van der Waals surface area contributed by atoms with E-state index in [4.69, 9.17) is 0 Å². The predicted octanol–water partition coefficient (Wildman–Crippen LogP) is 3.35. The minimum Gasteiger partial charge on any atom is -0.352 e. The van der Waals surface area contributed by atoms with Crippen molar-refractivity contribution in [3.8, 4) is 0 Å². The summed E-state index contributed by atoms with van der Waals surface area (Å²) >= 11 is 0. The van der Waals surface area contributed by atoms with Crippen molar-refractivity contribution >= 4 is 17.5 Å². The van der Waals surface area contributed by atoms with Gasteiger partial charge in [0.25, 0.3) is 5.91 Å². The molecule has 2 aromatic rings. The van der Waals surface area contributed by atoms with Crippen LogP contribution in [0.5, 0.6) is 0 Å². The highest BCUT2D eigenvalue weighted by Crippen LogP contribution is 2.22. The van der Waals surface area contributed by atoms with Crippen molar-refractivity contribution < 1.29 is 18.4 Å². The molecule has 2 aromatic carbocycles. The molecular formula is C20H23F2N3O2. The van der Waals surface area contributed by atoms with E-state index in [9.17, 15) is 18.4 Å². The fraction of sp³-hybridized carbons (Fsp3) is 0.300. The van der Waals surface area contributed by atoms with Gasteiger partial charge in [-0.05, 0) is 57.3 Å². The van der Waals surface area contributed by atoms with Crippen LogP contribution in [0.1, 0.15) is 35.8 Å². The van der Waals surface area contributed by atoms with Crippen molar-refractivity contribution in [2.24, 2.45) is 0 Å². The van der Waals surface area contributed by atoms with Crippen molar-refractivity contribution in [1.29, 1.82) is 0 Å². The Kier molecular flexibility index (Phi) is 7.01. The molecule has 5 nitrogen and oxygen atoms in total. The monoisotopic (exact) mass is 375 g/mol. The number of amides is 2. The second-order valence-corrected chi connectivity index (χ2v) is 6.25. The molecule has 0 aromatic heterocycles. The second kappa shape index (κ2) is 9.23. The molecule has 2 N–H and O–H groups in total. The van der Waals surface area contributed by atoms with Crippen LogP contribution >= 0.6 is 0 Å². The van der Waals surface area contributed by atoms with Gasteiger partial charge in [-0.2, -0.15) is 0 Å². The summed E-state index contributed by atoms with van der Waals surface area (Å²) in [7, 11) is 1.65. The third-order valence-electron chi connectivity index (χ3n) is 4.21. The van der Waals surface area contributed by atoms with Crippen LogP contribution in [-0.4, -0.2) is 36.9 Å². The van der Waals surface area contributed by atoms with Gasteiger partial charge in [0.1, 0.15) is 11.6 Å². The smallest absolute Gasteiger partial charge is 0.251 e. The molecule has 0 heterocycles. The van der Waals surface area contributed by atoms with Crippen LogP contribution in [-0.2, 0) is 4.79 Å². The average molecular weight is 375 g/mol. The summed E-state index contributed by atoms with van der Waals surface area (Å²) in [5.74, 6) is -1.60. The molecule has 0 saturated carbocycles. The third-order valence-corrected chi connectivity index (χ3v) is 4.21. The number of benzene rings is 2.